The molecule has 0 aliphatic carbocycles. The van der Waals surface area contributed by atoms with Gasteiger partial charge in [0.2, 0.25) is 0 Å². The van der Waals surface area contributed by atoms with Crippen molar-refractivity contribution in [2.45, 2.75) is 39.3 Å². The molecule has 1 atom stereocenters. The molecule has 0 bridgehead atoms. The lowest BCUT2D eigenvalue weighted by molar-refractivity contribution is -0.139. The maximum absolute atomic E-state index is 13.2. The zero-order chi connectivity index (χ0) is 24.4. The Morgan fingerprint density at radius 1 is 1.09 bits per heavy atom. The van der Waals surface area contributed by atoms with Crippen molar-refractivity contribution in [3.8, 4) is 5.75 Å². The van der Waals surface area contributed by atoms with E-state index in [1.807, 2.05) is 44.4 Å². The number of Topliss-reactive ketones (excluding diaryl/α,β-unsaturated/α-hetero) is 1. The number of thiophene rings is 1. The van der Waals surface area contributed by atoms with E-state index in [4.69, 9.17) is 16.3 Å². The summed E-state index contributed by atoms with van der Waals surface area (Å²) in [5.74, 6) is -0.788. The molecule has 1 aliphatic heterocycles. The first-order chi connectivity index (χ1) is 16.3. The Morgan fingerprint density at radius 2 is 1.76 bits per heavy atom. The summed E-state index contributed by atoms with van der Waals surface area (Å²) < 4.78 is 5.67. The van der Waals surface area contributed by atoms with E-state index in [0.29, 0.717) is 29.3 Å². The van der Waals surface area contributed by atoms with Crippen LogP contribution in [0.25, 0.3) is 5.76 Å². The first-order valence-electron chi connectivity index (χ1n) is 11.1. The molecule has 1 aromatic heterocycles. The number of aliphatic hydroxyl groups is 1. The summed E-state index contributed by atoms with van der Waals surface area (Å²) in [7, 11) is 0. The van der Waals surface area contributed by atoms with Crippen LogP contribution in [-0.2, 0) is 16.0 Å². The van der Waals surface area contributed by atoms with Gasteiger partial charge in [-0.1, -0.05) is 23.7 Å². The molecule has 1 saturated heterocycles. The van der Waals surface area contributed by atoms with Crippen LogP contribution in [-0.4, -0.2) is 34.3 Å². The Labute approximate surface area is 208 Å². The van der Waals surface area contributed by atoms with E-state index in [1.165, 1.54) is 11.3 Å². The lowest BCUT2D eigenvalue weighted by Gasteiger charge is -2.25. The predicted octanol–water partition coefficient (Wildman–Crippen LogP) is 6.16. The van der Waals surface area contributed by atoms with Gasteiger partial charge in [-0.25, -0.2) is 0 Å². The zero-order valence-electron chi connectivity index (χ0n) is 19.2. The molecule has 0 saturated carbocycles. The fourth-order valence-electron chi connectivity index (χ4n) is 4.07. The molecule has 34 heavy (non-hydrogen) atoms. The van der Waals surface area contributed by atoms with Crippen LogP contribution in [0.5, 0.6) is 5.75 Å². The number of benzene rings is 2. The normalized spacial score (nSPS) is 17.6. The van der Waals surface area contributed by atoms with Gasteiger partial charge in [-0.2, -0.15) is 0 Å². The summed E-state index contributed by atoms with van der Waals surface area (Å²) in [5, 5.41) is 13.8. The average molecular weight is 496 g/mol. The Bertz CT molecular complexity index is 1230. The monoisotopic (exact) mass is 495 g/mol. The molecule has 176 valence electrons. The summed E-state index contributed by atoms with van der Waals surface area (Å²) in [6.45, 7) is 6.15. The number of aryl methyl sites for hydroxylation is 1. The largest absolute Gasteiger partial charge is 0.507 e. The number of ketones is 1. The average Bonchev–Trinajstić information content (AvgIpc) is 3.33. The highest BCUT2D eigenvalue weighted by molar-refractivity contribution is 7.10. The van der Waals surface area contributed by atoms with E-state index >= 15 is 0 Å². The zero-order valence-corrected chi connectivity index (χ0v) is 20.8. The van der Waals surface area contributed by atoms with E-state index < -0.39 is 17.7 Å². The number of hydrogen-bond donors (Lipinski definition) is 1. The van der Waals surface area contributed by atoms with Gasteiger partial charge in [0.15, 0.2) is 0 Å². The number of rotatable bonds is 7. The number of hydrogen-bond acceptors (Lipinski definition) is 5. The van der Waals surface area contributed by atoms with Gasteiger partial charge in [0.25, 0.3) is 11.7 Å². The molecule has 0 spiro atoms. The van der Waals surface area contributed by atoms with Crippen LogP contribution in [0.2, 0.25) is 5.02 Å². The van der Waals surface area contributed by atoms with E-state index in [-0.39, 0.29) is 17.4 Å². The Morgan fingerprint density at radius 3 is 2.35 bits per heavy atom. The first-order valence-corrected chi connectivity index (χ1v) is 12.4. The number of carbonyl (C=O) groups is 2. The van der Waals surface area contributed by atoms with Gasteiger partial charge in [0.1, 0.15) is 11.5 Å². The minimum atomic E-state index is -0.672. The number of halogens is 1. The number of likely N-dealkylation sites (tertiary alicyclic amines) is 1. The Kier molecular flexibility index (Phi) is 7.10. The first kappa shape index (κ1) is 24.0. The standard InChI is InChI=1S/C27H26ClNO4S/c1-16(2)33-21-10-6-19(7-11-21)24(30)22-23(26-17(3)13-15-34-26)29(27(32)25(22)31)14-12-18-4-8-20(28)9-5-18/h4-11,13,15-16,23,30H,12,14H2,1-3H3/b24-22-. The Balaban J connectivity index is 1.71. The second-order valence-electron chi connectivity index (χ2n) is 8.53. The quantitative estimate of drug-likeness (QED) is 0.242. The van der Waals surface area contributed by atoms with Crippen LogP contribution < -0.4 is 4.74 Å². The van der Waals surface area contributed by atoms with Crippen LogP contribution >= 0.6 is 22.9 Å². The molecule has 1 aliphatic rings. The minimum Gasteiger partial charge on any atom is -0.507 e. The molecule has 4 rings (SSSR count). The van der Waals surface area contributed by atoms with Crippen molar-refractivity contribution in [2.24, 2.45) is 0 Å². The van der Waals surface area contributed by atoms with Gasteiger partial charge in [0, 0.05) is 22.0 Å². The fraction of sp³-hybridized carbons (Fsp3) is 0.259. The van der Waals surface area contributed by atoms with Crippen LogP contribution in [0.4, 0.5) is 0 Å². The highest BCUT2D eigenvalue weighted by Gasteiger charge is 2.46. The molecule has 1 unspecified atom stereocenters. The van der Waals surface area contributed by atoms with Crippen molar-refractivity contribution in [1.82, 2.24) is 4.90 Å². The third kappa shape index (κ3) is 4.88. The maximum Gasteiger partial charge on any atom is 0.295 e. The molecular formula is C27H26ClNO4S. The predicted molar refractivity (Wildman–Crippen MR) is 135 cm³/mol. The molecule has 3 aromatic rings. The summed E-state index contributed by atoms with van der Waals surface area (Å²) in [6, 6.07) is 15.6. The van der Waals surface area contributed by atoms with Gasteiger partial charge < -0.3 is 14.7 Å². The molecule has 5 nitrogen and oxygen atoms in total. The van der Waals surface area contributed by atoms with Crippen LogP contribution in [0, 0.1) is 6.92 Å². The number of aliphatic hydroxyl groups excluding tert-OH is 1. The summed E-state index contributed by atoms with van der Waals surface area (Å²) >= 11 is 7.46. The minimum absolute atomic E-state index is 0.0206. The lowest BCUT2D eigenvalue weighted by atomic mass is 9.98. The number of ether oxygens (including phenoxy) is 1. The number of amides is 1. The van der Waals surface area contributed by atoms with Crippen molar-refractivity contribution >= 4 is 40.4 Å². The second-order valence-corrected chi connectivity index (χ2v) is 9.91. The SMILES string of the molecule is Cc1ccsc1C1/C(=C(/O)c2ccc(OC(C)C)cc2)C(=O)C(=O)N1CCc1ccc(Cl)cc1. The second kappa shape index (κ2) is 10.0. The van der Waals surface area contributed by atoms with Crippen molar-refractivity contribution in [2.75, 3.05) is 6.54 Å². The third-order valence-electron chi connectivity index (χ3n) is 5.74. The lowest BCUT2D eigenvalue weighted by Crippen LogP contribution is -2.31. The van der Waals surface area contributed by atoms with E-state index in [1.54, 1.807) is 41.3 Å². The number of carbonyl (C=O) groups excluding carboxylic acids is 2. The molecule has 7 heteroatoms. The van der Waals surface area contributed by atoms with Gasteiger partial charge in [0.05, 0.1) is 17.7 Å². The van der Waals surface area contributed by atoms with Gasteiger partial charge in [-0.15, -0.1) is 11.3 Å². The van der Waals surface area contributed by atoms with Crippen molar-refractivity contribution in [3.05, 3.63) is 92.1 Å². The Hall–Kier alpha value is -3.09. The molecule has 1 N–H and O–H groups in total. The molecule has 2 aromatic carbocycles. The molecule has 2 heterocycles. The number of nitrogens with zero attached hydrogens (tertiary/aromatic N) is 1. The van der Waals surface area contributed by atoms with Gasteiger partial charge in [-0.3, -0.25) is 9.59 Å². The summed E-state index contributed by atoms with van der Waals surface area (Å²) in [5.41, 5.74) is 2.56. The van der Waals surface area contributed by atoms with Crippen LogP contribution in [0.15, 0.2) is 65.6 Å². The highest BCUT2D eigenvalue weighted by Crippen LogP contribution is 2.42. The molecule has 1 fully saturated rings. The molecule has 1 amide bonds. The summed E-state index contributed by atoms with van der Waals surface area (Å²) in [4.78, 5) is 28.7. The highest BCUT2D eigenvalue weighted by atomic mass is 35.5. The van der Waals surface area contributed by atoms with Crippen molar-refractivity contribution in [3.63, 3.8) is 0 Å². The fourth-order valence-corrected chi connectivity index (χ4v) is 5.24. The van der Waals surface area contributed by atoms with Crippen molar-refractivity contribution in [1.29, 1.82) is 0 Å². The smallest absolute Gasteiger partial charge is 0.295 e. The topological polar surface area (TPSA) is 66.8 Å². The summed E-state index contributed by atoms with van der Waals surface area (Å²) in [6.07, 6.45) is 0.582. The van der Waals surface area contributed by atoms with Crippen LogP contribution in [0.1, 0.15) is 41.5 Å². The van der Waals surface area contributed by atoms with Crippen molar-refractivity contribution < 1.29 is 19.4 Å². The van der Waals surface area contributed by atoms with Gasteiger partial charge >= 0.3 is 0 Å². The molecular weight excluding hydrogens is 470 g/mol. The maximum atomic E-state index is 13.2. The van der Waals surface area contributed by atoms with E-state index in [2.05, 4.69) is 0 Å². The van der Waals surface area contributed by atoms with Crippen LogP contribution in [0.3, 0.4) is 0 Å². The third-order valence-corrected chi connectivity index (χ3v) is 7.07. The van der Waals surface area contributed by atoms with Gasteiger partial charge in [-0.05, 0) is 86.2 Å². The van der Waals surface area contributed by atoms with E-state index in [9.17, 15) is 14.7 Å². The molecule has 0 radical (unpaired) electrons. The van der Waals surface area contributed by atoms with E-state index in [0.717, 1.165) is 16.0 Å².